The van der Waals surface area contributed by atoms with Gasteiger partial charge in [-0.15, -0.1) is 0 Å². The largest absolute Gasteiger partial charge is 0.200 e. The topological polar surface area (TPSA) is 3.88 Å². The molecule has 1 aliphatic heterocycles. The third-order valence-electron chi connectivity index (χ3n) is 2.52. The lowest BCUT2D eigenvalue weighted by molar-refractivity contribution is -0.713. The number of hydrogen-bond acceptors (Lipinski definition) is 0. The molecule has 2 rings (SSSR count). The van der Waals surface area contributed by atoms with Gasteiger partial charge in [-0.25, -0.2) is 4.57 Å². The molecule has 0 aromatic carbocycles. The van der Waals surface area contributed by atoms with E-state index in [0.29, 0.717) is 6.04 Å². The Labute approximate surface area is 67.7 Å². The number of rotatable bonds is 0. The van der Waals surface area contributed by atoms with Crippen LogP contribution in [0.4, 0.5) is 0 Å². The number of pyridine rings is 1. The van der Waals surface area contributed by atoms with Crippen LogP contribution in [0.25, 0.3) is 0 Å². The molecule has 0 amide bonds. The minimum atomic E-state index is 0.714. The van der Waals surface area contributed by atoms with Crippen LogP contribution < -0.4 is 4.57 Å². The van der Waals surface area contributed by atoms with Crippen LogP contribution in [0.2, 0.25) is 0 Å². The van der Waals surface area contributed by atoms with E-state index >= 15 is 0 Å². The second kappa shape index (κ2) is 2.33. The van der Waals surface area contributed by atoms with E-state index in [2.05, 4.69) is 36.7 Å². The highest BCUT2D eigenvalue weighted by molar-refractivity contribution is 5.11. The molecule has 1 aliphatic rings. The summed E-state index contributed by atoms with van der Waals surface area (Å²) in [6, 6.07) is 5.19. The zero-order chi connectivity index (χ0) is 7.84. The molecule has 1 atom stereocenters. The van der Waals surface area contributed by atoms with E-state index in [0.717, 1.165) is 0 Å². The Morgan fingerprint density at radius 2 is 2.36 bits per heavy atom. The summed E-state index contributed by atoms with van der Waals surface area (Å²) < 4.78 is 2.38. The lowest BCUT2D eigenvalue weighted by Gasteiger charge is -1.98. The minimum absolute atomic E-state index is 0.714. The molecular formula is C10H14N+. The van der Waals surface area contributed by atoms with Gasteiger partial charge >= 0.3 is 0 Å². The number of aromatic nitrogens is 1. The SMILES string of the molecule is Cc1cc[n+]2c(c1)CCC2C. The maximum Gasteiger partial charge on any atom is 0.182 e. The summed E-state index contributed by atoms with van der Waals surface area (Å²) in [6.45, 7) is 4.44. The summed E-state index contributed by atoms with van der Waals surface area (Å²) in [5, 5.41) is 0. The highest BCUT2D eigenvalue weighted by Crippen LogP contribution is 2.16. The van der Waals surface area contributed by atoms with Gasteiger partial charge in [-0.1, -0.05) is 0 Å². The van der Waals surface area contributed by atoms with Gasteiger partial charge in [0.05, 0.1) is 0 Å². The van der Waals surface area contributed by atoms with Crippen LogP contribution >= 0.6 is 0 Å². The summed E-state index contributed by atoms with van der Waals surface area (Å²) in [7, 11) is 0. The fourth-order valence-electron chi connectivity index (χ4n) is 1.81. The van der Waals surface area contributed by atoms with Crippen LogP contribution in [-0.2, 0) is 6.42 Å². The van der Waals surface area contributed by atoms with Crippen molar-refractivity contribution in [3.8, 4) is 0 Å². The van der Waals surface area contributed by atoms with Gasteiger partial charge in [0.25, 0.3) is 0 Å². The fourth-order valence-corrected chi connectivity index (χ4v) is 1.81. The molecular weight excluding hydrogens is 134 g/mol. The van der Waals surface area contributed by atoms with Crippen LogP contribution in [0.15, 0.2) is 18.3 Å². The molecule has 0 saturated carbocycles. The van der Waals surface area contributed by atoms with Crippen molar-refractivity contribution in [2.24, 2.45) is 0 Å². The maximum atomic E-state index is 2.38. The van der Waals surface area contributed by atoms with Crippen molar-refractivity contribution in [1.82, 2.24) is 0 Å². The van der Waals surface area contributed by atoms with Gasteiger partial charge in [0, 0.05) is 25.0 Å². The first-order valence-corrected chi connectivity index (χ1v) is 4.28. The van der Waals surface area contributed by atoms with Crippen molar-refractivity contribution in [2.45, 2.75) is 32.7 Å². The summed E-state index contributed by atoms with van der Waals surface area (Å²) in [5.74, 6) is 0. The molecule has 0 saturated heterocycles. The van der Waals surface area contributed by atoms with E-state index in [1.807, 2.05) is 0 Å². The first-order chi connectivity index (χ1) is 5.27. The van der Waals surface area contributed by atoms with Crippen molar-refractivity contribution in [1.29, 1.82) is 0 Å². The Morgan fingerprint density at radius 3 is 3.18 bits per heavy atom. The van der Waals surface area contributed by atoms with Crippen LogP contribution in [0.5, 0.6) is 0 Å². The van der Waals surface area contributed by atoms with Gasteiger partial charge in [0.1, 0.15) is 0 Å². The molecule has 0 N–H and O–H groups in total. The first-order valence-electron chi connectivity index (χ1n) is 4.28. The van der Waals surface area contributed by atoms with Gasteiger partial charge in [0.2, 0.25) is 0 Å². The van der Waals surface area contributed by atoms with Gasteiger partial charge in [-0.3, -0.25) is 0 Å². The van der Waals surface area contributed by atoms with Crippen molar-refractivity contribution in [3.05, 3.63) is 29.6 Å². The summed E-state index contributed by atoms with van der Waals surface area (Å²) in [6.07, 6.45) is 4.77. The Hall–Kier alpha value is -0.850. The molecule has 1 unspecified atom stereocenters. The zero-order valence-corrected chi connectivity index (χ0v) is 7.17. The van der Waals surface area contributed by atoms with Gasteiger partial charge in [0.15, 0.2) is 17.9 Å². The van der Waals surface area contributed by atoms with Crippen LogP contribution in [0.3, 0.4) is 0 Å². The van der Waals surface area contributed by atoms with Gasteiger partial charge in [-0.05, 0) is 19.4 Å². The monoisotopic (exact) mass is 148 g/mol. The van der Waals surface area contributed by atoms with E-state index in [4.69, 9.17) is 0 Å². The second-order valence-electron chi connectivity index (χ2n) is 3.49. The lowest BCUT2D eigenvalue weighted by Crippen LogP contribution is -2.35. The summed E-state index contributed by atoms with van der Waals surface area (Å²) in [4.78, 5) is 0. The van der Waals surface area contributed by atoms with Crippen LogP contribution in [-0.4, -0.2) is 0 Å². The highest BCUT2D eigenvalue weighted by Gasteiger charge is 2.25. The molecule has 2 heterocycles. The molecule has 0 aliphatic carbocycles. The minimum Gasteiger partial charge on any atom is -0.200 e. The molecule has 0 fully saturated rings. The average Bonchev–Trinajstić information content (AvgIpc) is 2.32. The van der Waals surface area contributed by atoms with Crippen molar-refractivity contribution < 1.29 is 4.57 Å². The van der Waals surface area contributed by atoms with E-state index in [-0.39, 0.29) is 0 Å². The van der Waals surface area contributed by atoms with Gasteiger partial charge in [-0.2, -0.15) is 0 Å². The van der Waals surface area contributed by atoms with Crippen molar-refractivity contribution in [3.63, 3.8) is 0 Å². The molecule has 11 heavy (non-hydrogen) atoms. The standard InChI is InChI=1S/C10H14N/c1-8-5-6-11-9(2)3-4-10(11)7-8/h5-7,9H,3-4H2,1-2H3/q+1. The third kappa shape index (κ3) is 1.05. The Balaban J connectivity index is 2.50. The van der Waals surface area contributed by atoms with Crippen LogP contribution in [0.1, 0.15) is 30.6 Å². The zero-order valence-electron chi connectivity index (χ0n) is 7.17. The number of nitrogens with zero attached hydrogens (tertiary/aromatic N) is 1. The highest BCUT2D eigenvalue weighted by atomic mass is 15.0. The Kier molecular flexibility index (Phi) is 1.45. The fraction of sp³-hybridized carbons (Fsp3) is 0.500. The maximum absolute atomic E-state index is 2.38. The van der Waals surface area contributed by atoms with E-state index < -0.39 is 0 Å². The quantitative estimate of drug-likeness (QED) is 0.494. The molecule has 0 spiro atoms. The molecule has 0 radical (unpaired) electrons. The number of aryl methyl sites for hydroxylation is 2. The van der Waals surface area contributed by atoms with E-state index in [9.17, 15) is 0 Å². The summed E-state index contributed by atoms with van der Waals surface area (Å²) >= 11 is 0. The predicted octanol–water partition coefficient (Wildman–Crippen LogP) is 1.79. The average molecular weight is 148 g/mol. The smallest absolute Gasteiger partial charge is 0.182 e. The number of fused-ring (bicyclic) bond motifs is 1. The van der Waals surface area contributed by atoms with Crippen LogP contribution in [0, 0.1) is 6.92 Å². The lowest BCUT2D eigenvalue weighted by atomic mass is 10.2. The first kappa shape index (κ1) is 6.84. The number of hydrogen-bond donors (Lipinski definition) is 0. The summed E-state index contributed by atoms with van der Waals surface area (Å²) in [5.41, 5.74) is 2.88. The molecule has 1 nitrogen and oxygen atoms in total. The Bertz CT molecular complexity index is 278. The van der Waals surface area contributed by atoms with Gasteiger partial charge < -0.3 is 0 Å². The molecule has 1 heteroatoms. The molecule has 1 aromatic rings. The molecule has 0 bridgehead atoms. The molecule has 1 aromatic heterocycles. The van der Waals surface area contributed by atoms with Crippen molar-refractivity contribution in [2.75, 3.05) is 0 Å². The van der Waals surface area contributed by atoms with E-state index in [1.54, 1.807) is 0 Å². The Morgan fingerprint density at radius 1 is 1.55 bits per heavy atom. The normalized spacial score (nSPS) is 21.8. The van der Waals surface area contributed by atoms with E-state index in [1.165, 1.54) is 24.1 Å². The second-order valence-corrected chi connectivity index (χ2v) is 3.49. The predicted molar refractivity (Wildman–Crippen MR) is 44.4 cm³/mol. The van der Waals surface area contributed by atoms with Crippen molar-refractivity contribution >= 4 is 0 Å². The third-order valence-corrected chi connectivity index (χ3v) is 2.52. The molecule has 58 valence electrons.